The van der Waals surface area contributed by atoms with Crippen molar-refractivity contribution in [3.05, 3.63) is 63.1 Å². The van der Waals surface area contributed by atoms with Crippen LogP contribution in [-0.4, -0.2) is 17.2 Å². The molecule has 5 aliphatic rings. The predicted octanol–water partition coefficient (Wildman–Crippen LogP) is 7.04. The minimum absolute atomic E-state index is 0.0384. The lowest BCUT2D eigenvalue weighted by molar-refractivity contribution is -0.120. The Morgan fingerprint density at radius 1 is 0.909 bits per heavy atom. The van der Waals surface area contributed by atoms with Crippen LogP contribution in [0, 0.1) is 17.8 Å². The van der Waals surface area contributed by atoms with Gasteiger partial charge in [0.15, 0.2) is 0 Å². The van der Waals surface area contributed by atoms with Crippen molar-refractivity contribution in [1.82, 2.24) is 5.32 Å². The molecule has 0 spiro atoms. The maximum absolute atomic E-state index is 13.5. The van der Waals surface area contributed by atoms with Crippen LogP contribution >= 0.6 is 34.8 Å². The largest absolute Gasteiger partial charge is 0.345 e. The SMILES string of the molecule is O=C(NC12CC3CC(CC(C3)C1)C2)C1=NN(c2ccc(Cl)cc2Cl)[C@@H](c2ccc(Cl)cc2)C1. The van der Waals surface area contributed by atoms with Gasteiger partial charge < -0.3 is 5.32 Å². The monoisotopic (exact) mass is 501 g/mol. The van der Waals surface area contributed by atoms with Gasteiger partial charge in [0, 0.05) is 22.0 Å². The summed E-state index contributed by atoms with van der Waals surface area (Å²) < 4.78 is 0. The highest BCUT2D eigenvalue weighted by molar-refractivity contribution is 6.40. The van der Waals surface area contributed by atoms with E-state index in [1.807, 2.05) is 35.3 Å². The standard InChI is InChI=1S/C26H26Cl3N3O/c27-19-3-1-18(2-4-19)24-11-22(31-32(24)23-6-5-20(28)10-21(23)29)25(33)30-26-12-15-7-16(13-26)9-17(8-15)14-26/h1-6,10,15-17,24H,7-9,11-14H2,(H,30,33)/t15?,16?,17?,24-,26?/m1/s1. The summed E-state index contributed by atoms with van der Waals surface area (Å²) in [4.78, 5) is 13.5. The number of hydrogen-bond donors (Lipinski definition) is 1. The van der Waals surface area contributed by atoms with Gasteiger partial charge in [-0.1, -0.05) is 46.9 Å². The van der Waals surface area contributed by atoms with E-state index >= 15 is 0 Å². The molecular weight excluding hydrogens is 477 g/mol. The van der Waals surface area contributed by atoms with Gasteiger partial charge in [-0.3, -0.25) is 9.80 Å². The molecule has 2 aromatic carbocycles. The number of rotatable bonds is 4. The zero-order valence-corrected chi connectivity index (χ0v) is 20.5. The maximum Gasteiger partial charge on any atom is 0.268 e. The molecule has 4 bridgehead atoms. The molecular formula is C26H26Cl3N3O. The van der Waals surface area contributed by atoms with Crippen LogP contribution in [0.25, 0.3) is 0 Å². The van der Waals surface area contributed by atoms with Gasteiger partial charge in [-0.15, -0.1) is 0 Å². The highest BCUT2D eigenvalue weighted by Crippen LogP contribution is 2.55. The first kappa shape index (κ1) is 21.8. The third-order valence-corrected chi connectivity index (χ3v) is 8.79. The van der Waals surface area contributed by atoms with Crippen molar-refractivity contribution in [2.24, 2.45) is 22.9 Å². The minimum Gasteiger partial charge on any atom is -0.345 e. The summed E-state index contributed by atoms with van der Waals surface area (Å²) in [5, 5.41) is 11.9. The Kier molecular flexibility index (Phi) is 5.39. The van der Waals surface area contributed by atoms with Crippen LogP contribution in [-0.2, 0) is 4.79 Å². The van der Waals surface area contributed by atoms with Crippen molar-refractivity contribution in [3.63, 3.8) is 0 Å². The fourth-order valence-electron chi connectivity index (χ4n) is 7.06. The molecule has 0 radical (unpaired) electrons. The molecule has 1 N–H and O–H groups in total. The number of carbonyl (C=O) groups excluding carboxylic acids is 1. The Hall–Kier alpha value is -1.75. The normalized spacial score (nSPS) is 32.2. The van der Waals surface area contributed by atoms with E-state index in [-0.39, 0.29) is 17.5 Å². The number of carbonyl (C=O) groups is 1. The Morgan fingerprint density at radius 3 is 2.12 bits per heavy atom. The first-order chi connectivity index (χ1) is 15.9. The zero-order chi connectivity index (χ0) is 22.7. The summed E-state index contributed by atoms with van der Waals surface area (Å²) in [5.41, 5.74) is 2.28. The van der Waals surface area contributed by atoms with E-state index in [1.54, 1.807) is 12.1 Å². The van der Waals surface area contributed by atoms with Crippen LogP contribution in [0.2, 0.25) is 15.1 Å². The summed E-state index contributed by atoms with van der Waals surface area (Å²) in [6.07, 6.45) is 7.90. The molecule has 0 unspecified atom stereocenters. The highest BCUT2D eigenvalue weighted by atomic mass is 35.5. The molecule has 1 atom stereocenters. The second-order valence-electron chi connectivity index (χ2n) is 10.4. The predicted molar refractivity (Wildman–Crippen MR) is 134 cm³/mol. The Balaban J connectivity index is 1.30. The van der Waals surface area contributed by atoms with E-state index in [0.29, 0.717) is 27.2 Å². The van der Waals surface area contributed by atoms with Gasteiger partial charge in [0.1, 0.15) is 5.71 Å². The molecule has 2 aromatic rings. The average molecular weight is 503 g/mol. The van der Waals surface area contributed by atoms with E-state index in [9.17, 15) is 4.79 Å². The van der Waals surface area contributed by atoms with Gasteiger partial charge in [-0.05, 0) is 92.2 Å². The van der Waals surface area contributed by atoms with Crippen LogP contribution in [0.4, 0.5) is 5.69 Å². The Bertz CT molecular complexity index is 1090. The first-order valence-corrected chi connectivity index (χ1v) is 12.9. The van der Waals surface area contributed by atoms with Gasteiger partial charge in [0.2, 0.25) is 0 Å². The van der Waals surface area contributed by atoms with Crippen molar-refractivity contribution in [1.29, 1.82) is 0 Å². The van der Waals surface area contributed by atoms with E-state index < -0.39 is 0 Å². The number of hydrazone groups is 1. The van der Waals surface area contributed by atoms with Gasteiger partial charge in [0.25, 0.3) is 5.91 Å². The molecule has 4 saturated carbocycles. The summed E-state index contributed by atoms with van der Waals surface area (Å²) in [6.45, 7) is 0. The highest BCUT2D eigenvalue weighted by Gasteiger charge is 2.52. The Labute approximate surface area is 209 Å². The molecule has 1 aliphatic heterocycles. The summed E-state index contributed by atoms with van der Waals surface area (Å²) in [6, 6.07) is 12.9. The molecule has 4 fully saturated rings. The van der Waals surface area contributed by atoms with Gasteiger partial charge in [-0.25, -0.2) is 0 Å². The number of nitrogens with one attached hydrogen (secondary N) is 1. The second kappa shape index (κ2) is 8.18. The van der Waals surface area contributed by atoms with Crippen LogP contribution in [0.1, 0.15) is 56.6 Å². The van der Waals surface area contributed by atoms with E-state index in [0.717, 1.165) is 48.3 Å². The van der Waals surface area contributed by atoms with Crippen LogP contribution < -0.4 is 10.3 Å². The van der Waals surface area contributed by atoms with Gasteiger partial charge in [-0.2, -0.15) is 5.10 Å². The van der Waals surface area contributed by atoms with Crippen molar-refractivity contribution < 1.29 is 4.79 Å². The van der Waals surface area contributed by atoms with E-state index in [4.69, 9.17) is 39.9 Å². The number of nitrogens with zero attached hydrogens (tertiary/aromatic N) is 2. The lowest BCUT2D eigenvalue weighted by Gasteiger charge is -2.56. The topological polar surface area (TPSA) is 44.7 Å². The minimum atomic E-state index is -0.141. The third-order valence-electron chi connectivity index (χ3n) is 8.00. The van der Waals surface area contributed by atoms with Gasteiger partial charge in [0.05, 0.1) is 16.8 Å². The van der Waals surface area contributed by atoms with Crippen molar-refractivity contribution >= 4 is 52.1 Å². The van der Waals surface area contributed by atoms with Crippen LogP contribution in [0.5, 0.6) is 0 Å². The fraction of sp³-hybridized carbons (Fsp3) is 0.462. The lowest BCUT2D eigenvalue weighted by atomic mass is 9.53. The van der Waals surface area contributed by atoms with Crippen molar-refractivity contribution in [3.8, 4) is 0 Å². The van der Waals surface area contributed by atoms with Gasteiger partial charge >= 0.3 is 0 Å². The zero-order valence-electron chi connectivity index (χ0n) is 18.2. The number of benzene rings is 2. The average Bonchev–Trinajstić information content (AvgIpc) is 3.18. The number of hydrogen-bond acceptors (Lipinski definition) is 3. The smallest absolute Gasteiger partial charge is 0.268 e. The summed E-state index contributed by atoms with van der Waals surface area (Å²) in [7, 11) is 0. The molecule has 0 aromatic heterocycles. The number of anilines is 1. The summed E-state index contributed by atoms with van der Waals surface area (Å²) in [5.74, 6) is 2.28. The molecule has 1 heterocycles. The van der Waals surface area contributed by atoms with Crippen LogP contribution in [0.15, 0.2) is 47.6 Å². The summed E-state index contributed by atoms with van der Waals surface area (Å²) >= 11 is 18.8. The third kappa shape index (κ3) is 4.05. The second-order valence-corrected chi connectivity index (χ2v) is 11.7. The molecule has 33 heavy (non-hydrogen) atoms. The number of amides is 1. The molecule has 0 saturated heterocycles. The maximum atomic E-state index is 13.5. The first-order valence-electron chi connectivity index (χ1n) is 11.8. The number of halogens is 3. The van der Waals surface area contributed by atoms with E-state index in [1.165, 1.54) is 19.3 Å². The molecule has 1 amide bonds. The van der Waals surface area contributed by atoms with Crippen molar-refractivity contribution in [2.75, 3.05) is 5.01 Å². The fourth-order valence-corrected chi connectivity index (χ4v) is 7.68. The quantitative estimate of drug-likeness (QED) is 0.487. The van der Waals surface area contributed by atoms with Crippen molar-refractivity contribution in [2.45, 2.75) is 56.5 Å². The molecule has 172 valence electrons. The molecule has 7 heteroatoms. The van der Waals surface area contributed by atoms with E-state index in [2.05, 4.69) is 5.32 Å². The van der Waals surface area contributed by atoms with Crippen LogP contribution in [0.3, 0.4) is 0 Å². The molecule has 7 rings (SSSR count). The Morgan fingerprint density at radius 2 is 1.52 bits per heavy atom. The molecule has 4 nitrogen and oxygen atoms in total. The lowest BCUT2D eigenvalue weighted by Crippen LogP contribution is -2.60. The molecule has 4 aliphatic carbocycles.